The number of hydrogen-bond donors (Lipinski definition) is 1. The van der Waals surface area contributed by atoms with E-state index in [1.165, 1.54) is 0 Å². The number of carbonyl (C=O) groups is 1. The molecule has 4 rings (SSSR count). The lowest BCUT2D eigenvalue weighted by Gasteiger charge is -2.12. The SMILES string of the molecule is CCOC(=O)c1c(-c2ccccc2)c2cc3c(cc2[nH]c1=O)OCO3. The van der Waals surface area contributed by atoms with Crippen molar-refractivity contribution >= 4 is 16.9 Å². The van der Waals surface area contributed by atoms with E-state index in [4.69, 9.17) is 14.2 Å². The van der Waals surface area contributed by atoms with Gasteiger partial charge in [-0.1, -0.05) is 30.3 Å². The Hall–Kier alpha value is -3.28. The minimum Gasteiger partial charge on any atom is -0.462 e. The molecule has 0 fully saturated rings. The monoisotopic (exact) mass is 337 g/mol. The first kappa shape index (κ1) is 15.3. The molecule has 2 aromatic carbocycles. The zero-order chi connectivity index (χ0) is 17.4. The number of aromatic amines is 1. The summed E-state index contributed by atoms with van der Waals surface area (Å²) in [5.74, 6) is 0.486. The molecule has 3 aromatic rings. The van der Waals surface area contributed by atoms with Gasteiger partial charge in [-0.05, 0) is 18.6 Å². The lowest BCUT2D eigenvalue weighted by atomic mass is 9.96. The second kappa shape index (κ2) is 5.98. The van der Waals surface area contributed by atoms with E-state index >= 15 is 0 Å². The van der Waals surface area contributed by atoms with E-state index in [0.29, 0.717) is 28.0 Å². The van der Waals surface area contributed by atoms with Crippen molar-refractivity contribution in [2.24, 2.45) is 0 Å². The molecule has 2 heterocycles. The van der Waals surface area contributed by atoms with Crippen molar-refractivity contribution in [3.8, 4) is 22.6 Å². The minimum atomic E-state index is -0.651. The number of hydrogen-bond acceptors (Lipinski definition) is 5. The standard InChI is InChI=1S/C19H15NO5/c1-2-23-19(22)17-16(11-6-4-3-5-7-11)12-8-14-15(25-10-24-14)9-13(12)20-18(17)21/h3-9H,2,10H2,1H3,(H,20,21). The van der Waals surface area contributed by atoms with Gasteiger partial charge in [0.1, 0.15) is 5.56 Å². The third-order valence-electron chi connectivity index (χ3n) is 4.05. The topological polar surface area (TPSA) is 77.6 Å². The number of carbonyl (C=O) groups excluding carboxylic acids is 1. The molecule has 0 aliphatic carbocycles. The number of benzene rings is 2. The molecule has 0 atom stereocenters. The summed E-state index contributed by atoms with van der Waals surface area (Å²) in [5, 5.41) is 0.693. The van der Waals surface area contributed by atoms with E-state index in [0.717, 1.165) is 5.56 Å². The predicted molar refractivity (Wildman–Crippen MR) is 92.1 cm³/mol. The summed E-state index contributed by atoms with van der Waals surface area (Å²) >= 11 is 0. The second-order valence-corrected chi connectivity index (χ2v) is 5.54. The maximum absolute atomic E-state index is 12.6. The molecule has 1 aromatic heterocycles. The van der Waals surface area contributed by atoms with Crippen LogP contribution in [0.3, 0.4) is 0 Å². The normalized spacial score (nSPS) is 12.4. The van der Waals surface area contributed by atoms with Crippen LogP contribution in [0.2, 0.25) is 0 Å². The van der Waals surface area contributed by atoms with E-state index in [9.17, 15) is 9.59 Å². The van der Waals surface area contributed by atoms with Gasteiger partial charge in [0.25, 0.3) is 5.56 Å². The summed E-state index contributed by atoms with van der Waals surface area (Å²) in [6, 6.07) is 12.8. The summed E-state index contributed by atoms with van der Waals surface area (Å²) in [7, 11) is 0. The Morgan fingerprint density at radius 2 is 1.88 bits per heavy atom. The Morgan fingerprint density at radius 1 is 1.16 bits per heavy atom. The highest BCUT2D eigenvalue weighted by atomic mass is 16.7. The Kier molecular flexibility index (Phi) is 3.65. The number of ether oxygens (including phenoxy) is 3. The highest BCUT2D eigenvalue weighted by Crippen LogP contribution is 2.39. The molecule has 0 radical (unpaired) electrons. The van der Waals surface area contributed by atoms with Gasteiger partial charge in [-0.3, -0.25) is 4.79 Å². The first-order valence-electron chi connectivity index (χ1n) is 7.91. The van der Waals surface area contributed by atoms with Crippen LogP contribution in [-0.4, -0.2) is 24.4 Å². The van der Waals surface area contributed by atoms with Gasteiger partial charge in [0.05, 0.1) is 12.1 Å². The number of rotatable bonds is 3. The van der Waals surface area contributed by atoms with Gasteiger partial charge < -0.3 is 19.2 Å². The summed E-state index contributed by atoms with van der Waals surface area (Å²) in [4.78, 5) is 27.8. The van der Waals surface area contributed by atoms with Crippen LogP contribution in [0, 0.1) is 0 Å². The molecule has 6 heteroatoms. The van der Waals surface area contributed by atoms with Crippen LogP contribution in [0.4, 0.5) is 0 Å². The zero-order valence-electron chi connectivity index (χ0n) is 13.5. The summed E-state index contributed by atoms with van der Waals surface area (Å²) < 4.78 is 15.9. The molecule has 126 valence electrons. The van der Waals surface area contributed by atoms with E-state index in [1.807, 2.05) is 30.3 Å². The molecular formula is C19H15NO5. The number of H-pyrrole nitrogens is 1. The maximum Gasteiger partial charge on any atom is 0.344 e. The number of aromatic nitrogens is 1. The Bertz CT molecular complexity index is 1020. The summed E-state index contributed by atoms with van der Waals surface area (Å²) in [6.07, 6.45) is 0. The number of nitrogens with one attached hydrogen (secondary N) is 1. The highest BCUT2D eigenvalue weighted by Gasteiger charge is 2.24. The molecule has 1 aliphatic rings. The second-order valence-electron chi connectivity index (χ2n) is 5.54. The van der Waals surface area contributed by atoms with Crippen molar-refractivity contribution in [3.05, 3.63) is 58.4 Å². The van der Waals surface area contributed by atoms with Crippen LogP contribution < -0.4 is 15.0 Å². The van der Waals surface area contributed by atoms with Crippen molar-refractivity contribution in [3.63, 3.8) is 0 Å². The fourth-order valence-electron chi connectivity index (χ4n) is 2.99. The van der Waals surface area contributed by atoms with E-state index in [1.54, 1.807) is 19.1 Å². The van der Waals surface area contributed by atoms with Crippen molar-refractivity contribution in [2.75, 3.05) is 13.4 Å². The van der Waals surface area contributed by atoms with E-state index < -0.39 is 11.5 Å². The molecule has 25 heavy (non-hydrogen) atoms. The lowest BCUT2D eigenvalue weighted by molar-refractivity contribution is 0.0525. The van der Waals surface area contributed by atoms with Crippen LogP contribution in [-0.2, 0) is 4.74 Å². The maximum atomic E-state index is 12.6. The predicted octanol–water partition coefficient (Wildman–Crippen LogP) is 3.10. The van der Waals surface area contributed by atoms with Crippen molar-refractivity contribution in [1.82, 2.24) is 4.98 Å². The number of esters is 1. The molecule has 0 saturated heterocycles. The first-order valence-corrected chi connectivity index (χ1v) is 7.91. The molecule has 0 amide bonds. The van der Waals surface area contributed by atoms with Gasteiger partial charge in [0, 0.05) is 17.0 Å². The molecule has 0 bridgehead atoms. The lowest BCUT2D eigenvalue weighted by Crippen LogP contribution is -2.21. The quantitative estimate of drug-likeness (QED) is 0.743. The van der Waals surface area contributed by atoms with Gasteiger partial charge in [0.2, 0.25) is 6.79 Å². The molecule has 1 N–H and O–H groups in total. The third kappa shape index (κ3) is 2.52. The molecule has 6 nitrogen and oxygen atoms in total. The van der Waals surface area contributed by atoms with Crippen LogP contribution in [0.1, 0.15) is 17.3 Å². The van der Waals surface area contributed by atoms with E-state index in [-0.39, 0.29) is 19.0 Å². The molecule has 0 unspecified atom stereocenters. The van der Waals surface area contributed by atoms with E-state index in [2.05, 4.69) is 4.98 Å². The van der Waals surface area contributed by atoms with Crippen LogP contribution in [0.15, 0.2) is 47.3 Å². The fourth-order valence-corrected chi connectivity index (χ4v) is 2.99. The molecule has 0 spiro atoms. The average molecular weight is 337 g/mol. The molecular weight excluding hydrogens is 322 g/mol. The van der Waals surface area contributed by atoms with Crippen LogP contribution >= 0.6 is 0 Å². The largest absolute Gasteiger partial charge is 0.462 e. The van der Waals surface area contributed by atoms with Crippen molar-refractivity contribution in [2.45, 2.75) is 6.92 Å². The third-order valence-corrected chi connectivity index (χ3v) is 4.05. The van der Waals surface area contributed by atoms with Crippen molar-refractivity contribution < 1.29 is 19.0 Å². The Balaban J connectivity index is 2.10. The Morgan fingerprint density at radius 3 is 2.60 bits per heavy atom. The first-order chi connectivity index (χ1) is 12.2. The van der Waals surface area contributed by atoms with Crippen molar-refractivity contribution in [1.29, 1.82) is 0 Å². The smallest absolute Gasteiger partial charge is 0.344 e. The number of pyridine rings is 1. The number of fused-ring (bicyclic) bond motifs is 2. The van der Waals surface area contributed by atoms with Gasteiger partial charge in [-0.15, -0.1) is 0 Å². The summed E-state index contributed by atoms with van der Waals surface area (Å²) in [5.41, 5.74) is 1.33. The molecule has 1 aliphatic heterocycles. The van der Waals surface area contributed by atoms with Gasteiger partial charge in [-0.25, -0.2) is 4.79 Å². The van der Waals surface area contributed by atoms with Gasteiger partial charge in [-0.2, -0.15) is 0 Å². The Labute approximate surface area is 143 Å². The highest BCUT2D eigenvalue weighted by molar-refractivity contribution is 6.07. The average Bonchev–Trinajstić information content (AvgIpc) is 3.07. The zero-order valence-corrected chi connectivity index (χ0v) is 13.5. The summed E-state index contributed by atoms with van der Waals surface area (Å²) in [6.45, 7) is 2.01. The fraction of sp³-hybridized carbons (Fsp3) is 0.158. The van der Waals surface area contributed by atoms with Crippen LogP contribution in [0.5, 0.6) is 11.5 Å². The minimum absolute atomic E-state index is 0.0144. The molecule has 0 saturated carbocycles. The van der Waals surface area contributed by atoms with Gasteiger partial charge in [0.15, 0.2) is 11.5 Å². The van der Waals surface area contributed by atoms with Crippen LogP contribution in [0.25, 0.3) is 22.0 Å². The van der Waals surface area contributed by atoms with Gasteiger partial charge >= 0.3 is 5.97 Å².